The van der Waals surface area contributed by atoms with Crippen LogP contribution < -0.4 is 14.4 Å². The van der Waals surface area contributed by atoms with E-state index in [-0.39, 0.29) is 17.1 Å². The number of nitrogens with zero attached hydrogens (tertiary/aromatic N) is 2. The predicted molar refractivity (Wildman–Crippen MR) is 129 cm³/mol. The number of Topliss-reactive ketones (excluding diaryl/α,β-unsaturated/α-hetero) is 1. The van der Waals surface area contributed by atoms with Crippen LogP contribution in [0.1, 0.15) is 43.1 Å². The van der Waals surface area contributed by atoms with Gasteiger partial charge in [0, 0.05) is 49.4 Å². The van der Waals surface area contributed by atoms with Crippen LogP contribution in [0.5, 0.6) is 11.5 Å². The van der Waals surface area contributed by atoms with E-state index in [1.807, 2.05) is 56.3 Å². The molecule has 178 valence electrons. The number of rotatable bonds is 8. The van der Waals surface area contributed by atoms with Crippen LogP contribution in [0.3, 0.4) is 0 Å². The van der Waals surface area contributed by atoms with Gasteiger partial charge in [-0.1, -0.05) is 12.1 Å². The Labute approximate surface area is 196 Å². The van der Waals surface area contributed by atoms with Crippen molar-refractivity contribution in [2.45, 2.75) is 39.2 Å². The largest absolute Gasteiger partial charge is 0.490 e. The highest BCUT2D eigenvalue weighted by atomic mass is 32.2. The van der Waals surface area contributed by atoms with Crippen molar-refractivity contribution in [3.8, 4) is 11.5 Å². The van der Waals surface area contributed by atoms with Crippen LogP contribution in [0.4, 0.5) is 5.69 Å². The number of carbonyl (C=O) groups excluding carboxylic acids is 1. The molecule has 0 radical (unpaired) electrons. The van der Waals surface area contributed by atoms with E-state index in [4.69, 9.17) is 9.47 Å². The second-order valence-corrected chi connectivity index (χ2v) is 11.4. The maximum Gasteiger partial charge on any atom is 0.214 e. The molecule has 7 nitrogen and oxygen atoms in total. The van der Waals surface area contributed by atoms with Crippen molar-refractivity contribution in [2.75, 3.05) is 43.4 Å². The molecule has 2 aliphatic heterocycles. The van der Waals surface area contributed by atoms with Crippen LogP contribution in [-0.4, -0.2) is 62.6 Å². The van der Waals surface area contributed by atoms with E-state index >= 15 is 0 Å². The number of fused-ring (bicyclic) bond motifs is 1. The summed E-state index contributed by atoms with van der Waals surface area (Å²) in [6.45, 7) is 8.11. The molecule has 0 bridgehead atoms. The molecule has 0 N–H and O–H groups in total. The number of anilines is 1. The molecule has 2 aromatic carbocycles. The molecule has 1 fully saturated rings. The Morgan fingerprint density at radius 1 is 1.06 bits per heavy atom. The number of benzene rings is 2. The van der Waals surface area contributed by atoms with Gasteiger partial charge in [-0.05, 0) is 57.5 Å². The van der Waals surface area contributed by atoms with Crippen molar-refractivity contribution < 1.29 is 22.7 Å². The van der Waals surface area contributed by atoms with Gasteiger partial charge in [-0.25, -0.2) is 8.42 Å². The molecule has 4 rings (SSSR count). The van der Waals surface area contributed by atoms with Crippen LogP contribution >= 0.6 is 0 Å². The molecule has 33 heavy (non-hydrogen) atoms. The minimum absolute atomic E-state index is 0.0365. The lowest BCUT2D eigenvalue weighted by Gasteiger charge is -2.35. The van der Waals surface area contributed by atoms with Gasteiger partial charge in [0.2, 0.25) is 10.0 Å². The van der Waals surface area contributed by atoms with E-state index in [9.17, 15) is 13.2 Å². The first-order chi connectivity index (χ1) is 15.6. The summed E-state index contributed by atoms with van der Waals surface area (Å²) in [7, 11) is -3.34. The van der Waals surface area contributed by atoms with Gasteiger partial charge in [0.15, 0.2) is 17.3 Å². The summed E-state index contributed by atoms with van der Waals surface area (Å²) in [4.78, 5) is 13.6. The van der Waals surface area contributed by atoms with E-state index in [1.54, 1.807) is 11.2 Å². The number of sulfonamides is 1. The van der Waals surface area contributed by atoms with Crippen molar-refractivity contribution in [2.24, 2.45) is 0 Å². The smallest absolute Gasteiger partial charge is 0.214 e. The van der Waals surface area contributed by atoms with E-state index in [0.717, 1.165) is 23.4 Å². The Hall–Kier alpha value is -2.58. The fraction of sp³-hybridized carbons (Fsp3) is 0.480. The topological polar surface area (TPSA) is 76.2 Å². The molecule has 0 aromatic heterocycles. The first-order valence-corrected chi connectivity index (χ1v) is 13.0. The Morgan fingerprint density at radius 2 is 1.76 bits per heavy atom. The third-order valence-corrected chi connectivity index (χ3v) is 8.09. The summed E-state index contributed by atoms with van der Waals surface area (Å²) in [6, 6.07) is 13.3. The zero-order valence-corrected chi connectivity index (χ0v) is 20.4. The van der Waals surface area contributed by atoms with Gasteiger partial charge < -0.3 is 14.4 Å². The third kappa shape index (κ3) is 5.50. The zero-order chi connectivity index (χ0) is 23.6. The number of ketones is 1. The number of piperazine rings is 1. The van der Waals surface area contributed by atoms with Gasteiger partial charge in [0.1, 0.15) is 5.60 Å². The minimum Gasteiger partial charge on any atom is -0.490 e. The molecule has 1 saturated heterocycles. The van der Waals surface area contributed by atoms with Crippen molar-refractivity contribution in [3.05, 3.63) is 53.6 Å². The highest BCUT2D eigenvalue weighted by Crippen LogP contribution is 2.41. The number of carbonyl (C=O) groups is 1. The molecular formula is C25H32N2O5S. The summed E-state index contributed by atoms with van der Waals surface area (Å²) in [5, 5.41) is 0. The van der Waals surface area contributed by atoms with Crippen LogP contribution in [0.25, 0.3) is 0 Å². The van der Waals surface area contributed by atoms with Gasteiger partial charge >= 0.3 is 0 Å². The van der Waals surface area contributed by atoms with Crippen molar-refractivity contribution in [3.63, 3.8) is 0 Å². The Kier molecular flexibility index (Phi) is 6.68. The molecule has 2 aromatic rings. The number of ether oxygens (including phenoxy) is 2. The van der Waals surface area contributed by atoms with Crippen LogP contribution in [0, 0.1) is 0 Å². The highest BCUT2D eigenvalue weighted by Gasteiger charge is 2.32. The zero-order valence-electron chi connectivity index (χ0n) is 19.5. The SMILES string of the molecule is CC(=O)c1ccc(N2CCN(S(=O)(=O)CCCOc3cccc4c3OC(C)(C)C4)CC2)cc1. The molecule has 0 spiro atoms. The molecule has 0 amide bonds. The fourth-order valence-corrected chi connectivity index (χ4v) is 5.85. The quantitative estimate of drug-likeness (QED) is 0.432. The second-order valence-electron chi connectivity index (χ2n) is 9.29. The Morgan fingerprint density at radius 3 is 2.42 bits per heavy atom. The molecule has 8 heteroatoms. The van der Waals surface area contributed by atoms with Gasteiger partial charge in [0.25, 0.3) is 0 Å². The Balaban J connectivity index is 1.25. The van der Waals surface area contributed by atoms with Crippen molar-refractivity contribution in [1.82, 2.24) is 4.31 Å². The third-order valence-electron chi connectivity index (χ3n) is 6.13. The summed E-state index contributed by atoms with van der Waals surface area (Å²) in [6.07, 6.45) is 1.25. The molecule has 0 saturated carbocycles. The number of para-hydroxylation sites is 1. The molecular weight excluding hydrogens is 440 g/mol. The molecule has 2 heterocycles. The lowest BCUT2D eigenvalue weighted by molar-refractivity contribution is 0.101. The normalized spacial score (nSPS) is 18.0. The summed E-state index contributed by atoms with van der Waals surface area (Å²) in [5.41, 5.74) is 2.56. The van der Waals surface area contributed by atoms with Crippen molar-refractivity contribution >= 4 is 21.5 Å². The van der Waals surface area contributed by atoms with Crippen molar-refractivity contribution in [1.29, 1.82) is 0 Å². The standard InChI is InChI=1S/C25H32N2O5S/c1-19(28)20-8-10-22(11-9-20)26-12-14-27(15-13-26)33(29,30)17-5-16-31-23-7-4-6-21-18-25(2,3)32-24(21)23/h4,6-11H,5,12-18H2,1-3H3. The predicted octanol–water partition coefficient (Wildman–Crippen LogP) is 3.52. The monoisotopic (exact) mass is 472 g/mol. The molecule has 2 aliphatic rings. The lowest BCUT2D eigenvalue weighted by Crippen LogP contribution is -2.49. The number of hydrogen-bond acceptors (Lipinski definition) is 6. The highest BCUT2D eigenvalue weighted by molar-refractivity contribution is 7.89. The second kappa shape index (κ2) is 9.35. The Bertz CT molecular complexity index is 1100. The average Bonchev–Trinajstić information content (AvgIpc) is 3.11. The van der Waals surface area contributed by atoms with Gasteiger partial charge in [-0.3, -0.25) is 4.79 Å². The van der Waals surface area contributed by atoms with Crippen LogP contribution in [-0.2, 0) is 16.4 Å². The van der Waals surface area contributed by atoms with Gasteiger partial charge in [0.05, 0.1) is 12.4 Å². The van der Waals surface area contributed by atoms with Crippen LogP contribution in [0.15, 0.2) is 42.5 Å². The first-order valence-electron chi connectivity index (χ1n) is 11.4. The van der Waals surface area contributed by atoms with E-state index < -0.39 is 10.0 Å². The maximum absolute atomic E-state index is 12.8. The number of hydrogen-bond donors (Lipinski definition) is 0. The summed E-state index contributed by atoms with van der Waals surface area (Å²) >= 11 is 0. The average molecular weight is 473 g/mol. The summed E-state index contributed by atoms with van der Waals surface area (Å²) < 4.78 is 39.1. The molecule has 0 unspecified atom stereocenters. The summed E-state index contributed by atoms with van der Waals surface area (Å²) in [5.74, 6) is 1.55. The molecule has 0 aliphatic carbocycles. The molecule has 0 atom stereocenters. The van der Waals surface area contributed by atoms with E-state index in [2.05, 4.69) is 4.90 Å². The fourth-order valence-electron chi connectivity index (χ4n) is 4.38. The van der Waals surface area contributed by atoms with E-state index in [1.165, 1.54) is 0 Å². The van der Waals surface area contributed by atoms with Crippen LogP contribution in [0.2, 0.25) is 0 Å². The van der Waals surface area contributed by atoms with E-state index in [0.29, 0.717) is 50.5 Å². The minimum atomic E-state index is -3.34. The van der Waals surface area contributed by atoms with Gasteiger partial charge in [-0.15, -0.1) is 0 Å². The van der Waals surface area contributed by atoms with Gasteiger partial charge in [-0.2, -0.15) is 4.31 Å². The lowest BCUT2D eigenvalue weighted by atomic mass is 10.0. The maximum atomic E-state index is 12.8. The first kappa shape index (κ1) is 23.6.